The van der Waals surface area contributed by atoms with E-state index in [0.29, 0.717) is 5.69 Å². The molecule has 3 aromatic rings. The van der Waals surface area contributed by atoms with Gasteiger partial charge in [0.05, 0.1) is 18.1 Å². The number of benzene rings is 1. The number of hydrogen-bond acceptors (Lipinski definition) is 5. The van der Waals surface area contributed by atoms with E-state index in [-0.39, 0.29) is 18.3 Å². The number of para-hydroxylation sites is 1. The monoisotopic (exact) mass is 348 g/mol. The summed E-state index contributed by atoms with van der Waals surface area (Å²) >= 11 is 0. The normalized spacial score (nSPS) is 11.6. The molecule has 1 amide bonds. The number of aromatic nitrogens is 4. The van der Waals surface area contributed by atoms with Gasteiger partial charge in [-0.05, 0) is 13.0 Å². The molecule has 0 aliphatic rings. The Morgan fingerprint density at radius 2 is 2.08 bits per heavy atom. The lowest BCUT2D eigenvalue weighted by atomic mass is 10.2. The third-order valence-electron chi connectivity index (χ3n) is 3.27. The number of hydrogen-bond donors (Lipinski definition) is 3. The van der Waals surface area contributed by atoms with Crippen LogP contribution < -0.4 is 10.0 Å². The predicted octanol–water partition coefficient (Wildman–Crippen LogP) is 1.08. The maximum Gasteiger partial charge on any atom is 0.248 e. The first-order valence-electron chi connectivity index (χ1n) is 7.07. The van der Waals surface area contributed by atoms with Crippen LogP contribution >= 0.6 is 0 Å². The van der Waals surface area contributed by atoms with Gasteiger partial charge in [0.1, 0.15) is 6.54 Å². The predicted molar refractivity (Wildman–Crippen MR) is 90.2 cm³/mol. The van der Waals surface area contributed by atoms with Crippen LogP contribution in [0.15, 0.2) is 30.5 Å². The van der Waals surface area contributed by atoms with E-state index in [1.54, 1.807) is 0 Å². The van der Waals surface area contributed by atoms with Crippen molar-refractivity contribution in [3.8, 4) is 0 Å². The number of anilines is 2. The molecule has 9 nitrogen and oxygen atoms in total. The van der Waals surface area contributed by atoms with Gasteiger partial charge in [-0.15, -0.1) is 5.10 Å². The highest BCUT2D eigenvalue weighted by molar-refractivity contribution is 7.92. The van der Waals surface area contributed by atoms with Crippen LogP contribution in [0.5, 0.6) is 0 Å². The highest BCUT2D eigenvalue weighted by atomic mass is 32.2. The van der Waals surface area contributed by atoms with E-state index in [2.05, 4.69) is 25.2 Å². The van der Waals surface area contributed by atoms with Gasteiger partial charge in [-0.2, -0.15) is 9.90 Å². The molecule has 0 spiro atoms. The Hall–Kier alpha value is -2.88. The number of carbonyl (C=O) groups is 1. The summed E-state index contributed by atoms with van der Waals surface area (Å²) in [5, 5.41) is 11.5. The minimum atomic E-state index is -3.43. The molecule has 10 heteroatoms. The number of nitrogens with zero attached hydrogens (tertiary/aromatic N) is 3. The van der Waals surface area contributed by atoms with Crippen LogP contribution in [0.25, 0.3) is 10.9 Å². The molecule has 0 atom stereocenters. The van der Waals surface area contributed by atoms with E-state index in [1.165, 1.54) is 6.20 Å². The molecule has 126 valence electrons. The second kappa shape index (κ2) is 5.96. The Morgan fingerprint density at radius 3 is 2.83 bits per heavy atom. The summed E-state index contributed by atoms with van der Waals surface area (Å²) in [7, 11) is -3.43. The minimum Gasteiger partial charge on any atom is -0.357 e. The van der Waals surface area contributed by atoms with E-state index >= 15 is 0 Å². The molecule has 3 N–H and O–H groups in total. The number of fused-ring (bicyclic) bond motifs is 1. The molecule has 1 aromatic carbocycles. The van der Waals surface area contributed by atoms with E-state index in [1.807, 2.05) is 31.2 Å². The van der Waals surface area contributed by atoms with Gasteiger partial charge < -0.3 is 10.3 Å². The van der Waals surface area contributed by atoms with Crippen molar-refractivity contribution < 1.29 is 13.2 Å². The molecule has 0 aliphatic carbocycles. The summed E-state index contributed by atoms with van der Waals surface area (Å²) in [6, 6.07) is 7.64. The molecule has 0 fully saturated rings. The fraction of sp³-hybridized carbons (Fsp3) is 0.214. The summed E-state index contributed by atoms with van der Waals surface area (Å²) in [6.07, 6.45) is 2.25. The van der Waals surface area contributed by atoms with Crippen molar-refractivity contribution in [1.29, 1.82) is 0 Å². The van der Waals surface area contributed by atoms with Crippen LogP contribution in [0.2, 0.25) is 0 Å². The van der Waals surface area contributed by atoms with E-state index < -0.39 is 10.0 Å². The Balaban J connectivity index is 1.73. The van der Waals surface area contributed by atoms with Gasteiger partial charge in [-0.3, -0.25) is 9.52 Å². The van der Waals surface area contributed by atoms with Crippen LogP contribution in [0, 0.1) is 6.92 Å². The lowest BCUT2D eigenvalue weighted by molar-refractivity contribution is -0.117. The topological polar surface area (TPSA) is 122 Å². The molecular weight excluding hydrogens is 332 g/mol. The van der Waals surface area contributed by atoms with Crippen molar-refractivity contribution in [2.45, 2.75) is 13.5 Å². The van der Waals surface area contributed by atoms with E-state index in [4.69, 9.17) is 0 Å². The number of sulfonamides is 1. The fourth-order valence-corrected chi connectivity index (χ4v) is 2.83. The molecule has 0 aliphatic heterocycles. The summed E-state index contributed by atoms with van der Waals surface area (Å²) < 4.78 is 24.5. The van der Waals surface area contributed by atoms with Gasteiger partial charge in [0, 0.05) is 16.6 Å². The number of carbonyl (C=O) groups excluding carboxylic acids is 1. The van der Waals surface area contributed by atoms with Gasteiger partial charge in [0.2, 0.25) is 15.9 Å². The highest BCUT2D eigenvalue weighted by Crippen LogP contribution is 2.26. The second-order valence-corrected chi connectivity index (χ2v) is 7.10. The SMILES string of the molecule is Cc1[nH]c2ccccc2c1NC(=O)Cn1ncc(NS(C)(=O)=O)n1. The van der Waals surface area contributed by atoms with E-state index in [0.717, 1.165) is 27.6 Å². The van der Waals surface area contributed by atoms with E-state index in [9.17, 15) is 13.2 Å². The number of nitrogens with one attached hydrogen (secondary N) is 3. The number of H-pyrrole nitrogens is 1. The third-order valence-corrected chi connectivity index (χ3v) is 3.85. The molecule has 24 heavy (non-hydrogen) atoms. The summed E-state index contributed by atoms with van der Waals surface area (Å²) in [4.78, 5) is 16.5. The number of amides is 1. The van der Waals surface area contributed by atoms with Crippen LogP contribution in [-0.4, -0.2) is 40.6 Å². The maximum absolute atomic E-state index is 12.2. The molecule has 0 saturated carbocycles. The Bertz CT molecular complexity index is 1000. The quantitative estimate of drug-likeness (QED) is 0.637. The zero-order valence-corrected chi connectivity index (χ0v) is 13.9. The molecule has 0 radical (unpaired) electrons. The maximum atomic E-state index is 12.2. The van der Waals surface area contributed by atoms with Crippen LogP contribution in [0.1, 0.15) is 5.69 Å². The van der Waals surface area contributed by atoms with Gasteiger partial charge in [0.15, 0.2) is 5.82 Å². The first kappa shape index (κ1) is 16.0. The van der Waals surface area contributed by atoms with Gasteiger partial charge in [-0.1, -0.05) is 18.2 Å². The Morgan fingerprint density at radius 1 is 1.33 bits per heavy atom. The number of aromatic amines is 1. The van der Waals surface area contributed by atoms with Crippen molar-refractivity contribution in [2.24, 2.45) is 0 Å². The molecule has 0 bridgehead atoms. The zero-order valence-electron chi connectivity index (χ0n) is 13.1. The molecule has 2 aromatic heterocycles. The largest absolute Gasteiger partial charge is 0.357 e. The lowest BCUT2D eigenvalue weighted by Crippen LogP contribution is -2.21. The van der Waals surface area contributed by atoms with Crippen molar-refractivity contribution in [2.75, 3.05) is 16.3 Å². The molecular formula is C14H16N6O3S. The van der Waals surface area contributed by atoms with Gasteiger partial charge >= 0.3 is 0 Å². The van der Waals surface area contributed by atoms with Crippen LogP contribution in [-0.2, 0) is 21.4 Å². The molecule has 0 unspecified atom stereocenters. The summed E-state index contributed by atoms with van der Waals surface area (Å²) in [5.41, 5.74) is 2.48. The van der Waals surface area contributed by atoms with Crippen LogP contribution in [0.3, 0.4) is 0 Å². The first-order valence-corrected chi connectivity index (χ1v) is 8.96. The lowest BCUT2D eigenvalue weighted by Gasteiger charge is -2.05. The molecule has 3 rings (SSSR count). The summed E-state index contributed by atoms with van der Waals surface area (Å²) in [5.74, 6) is -0.252. The third kappa shape index (κ3) is 3.54. The molecule has 0 saturated heterocycles. The Kier molecular flexibility index (Phi) is 3.97. The van der Waals surface area contributed by atoms with Crippen molar-refractivity contribution in [1.82, 2.24) is 20.0 Å². The molecule has 2 heterocycles. The summed E-state index contributed by atoms with van der Waals surface area (Å²) in [6.45, 7) is 1.74. The average molecular weight is 348 g/mol. The smallest absolute Gasteiger partial charge is 0.248 e. The number of aryl methyl sites for hydroxylation is 1. The van der Waals surface area contributed by atoms with Crippen molar-refractivity contribution in [3.05, 3.63) is 36.2 Å². The van der Waals surface area contributed by atoms with Gasteiger partial charge in [0.25, 0.3) is 0 Å². The standard InChI is InChI=1S/C14H16N6O3S/c1-9-14(10-5-3-4-6-11(10)16-9)17-13(21)8-20-15-7-12(18-20)19-24(2,22)23/h3-7,16H,8H2,1-2H3,(H,17,21)(H,18,19). The first-order chi connectivity index (χ1) is 11.3. The minimum absolute atomic E-state index is 0.0635. The Labute approximate surface area is 138 Å². The average Bonchev–Trinajstić information content (AvgIpc) is 3.02. The van der Waals surface area contributed by atoms with Crippen molar-refractivity contribution >= 4 is 38.3 Å². The number of rotatable bonds is 5. The van der Waals surface area contributed by atoms with Crippen LogP contribution in [0.4, 0.5) is 11.5 Å². The zero-order chi connectivity index (χ0) is 17.3. The van der Waals surface area contributed by atoms with Gasteiger partial charge in [-0.25, -0.2) is 8.42 Å². The van der Waals surface area contributed by atoms with Crippen molar-refractivity contribution in [3.63, 3.8) is 0 Å². The second-order valence-electron chi connectivity index (χ2n) is 5.35. The fourth-order valence-electron chi connectivity index (χ4n) is 2.36. The highest BCUT2D eigenvalue weighted by Gasteiger charge is 2.13.